The van der Waals surface area contributed by atoms with Crippen molar-refractivity contribution in [3.63, 3.8) is 0 Å². The van der Waals surface area contributed by atoms with E-state index in [9.17, 15) is 12.8 Å². The minimum atomic E-state index is -3.36. The summed E-state index contributed by atoms with van der Waals surface area (Å²) in [6.45, 7) is 1.66. The summed E-state index contributed by atoms with van der Waals surface area (Å²) in [4.78, 5) is 0. The van der Waals surface area contributed by atoms with Gasteiger partial charge in [-0.3, -0.25) is 0 Å². The number of sulfonamides is 1. The lowest BCUT2D eigenvalue weighted by atomic mass is 9.87. The van der Waals surface area contributed by atoms with Gasteiger partial charge in [0.2, 0.25) is 10.0 Å². The molecule has 19 heavy (non-hydrogen) atoms. The van der Waals surface area contributed by atoms with Crippen molar-refractivity contribution in [1.82, 2.24) is 4.72 Å². The van der Waals surface area contributed by atoms with E-state index in [0.717, 1.165) is 24.8 Å². The molecule has 3 nitrogen and oxygen atoms in total. The summed E-state index contributed by atoms with van der Waals surface area (Å²) in [5.41, 5.74) is 0.940. The molecule has 0 unspecified atom stereocenters. The average Bonchev–Trinajstić information content (AvgIpc) is 2.29. The molecular formula is C13H17ClFNO2S. The fraction of sp³-hybridized carbons (Fsp3) is 0.538. The maximum absolute atomic E-state index is 13.6. The molecule has 1 N–H and O–H groups in total. The molecule has 1 aromatic carbocycles. The molecule has 0 radical (unpaired) electrons. The second kappa shape index (κ2) is 5.77. The van der Waals surface area contributed by atoms with Crippen molar-refractivity contribution >= 4 is 21.6 Å². The van der Waals surface area contributed by atoms with Crippen LogP contribution >= 0.6 is 11.6 Å². The smallest absolute Gasteiger partial charge is 0.212 e. The lowest BCUT2D eigenvalue weighted by Gasteiger charge is -2.24. The van der Waals surface area contributed by atoms with E-state index in [-0.39, 0.29) is 28.8 Å². The Morgan fingerprint density at radius 3 is 2.68 bits per heavy atom. The van der Waals surface area contributed by atoms with Gasteiger partial charge in [-0.25, -0.2) is 17.5 Å². The van der Waals surface area contributed by atoms with Crippen molar-refractivity contribution in [2.75, 3.05) is 5.75 Å². The summed E-state index contributed by atoms with van der Waals surface area (Å²) in [5, 5.41) is 0.284. The second-order valence-electron chi connectivity index (χ2n) is 5.06. The SMILES string of the molecule is Cc1ccc(F)c(CNS(=O)(=O)CC2CCC2)c1Cl. The highest BCUT2D eigenvalue weighted by atomic mass is 35.5. The predicted molar refractivity (Wildman–Crippen MR) is 74.1 cm³/mol. The molecule has 0 aliphatic heterocycles. The van der Waals surface area contributed by atoms with Crippen molar-refractivity contribution in [3.05, 3.63) is 34.1 Å². The molecule has 0 amide bonds. The summed E-state index contributed by atoms with van der Waals surface area (Å²) in [5.74, 6) is -0.116. The molecule has 1 aliphatic rings. The summed E-state index contributed by atoms with van der Waals surface area (Å²) in [7, 11) is -3.36. The van der Waals surface area contributed by atoms with Gasteiger partial charge < -0.3 is 0 Å². The molecule has 1 aromatic rings. The lowest BCUT2D eigenvalue weighted by molar-refractivity contribution is 0.346. The van der Waals surface area contributed by atoms with Gasteiger partial charge in [-0.2, -0.15) is 0 Å². The van der Waals surface area contributed by atoms with E-state index in [1.54, 1.807) is 13.0 Å². The van der Waals surface area contributed by atoms with Crippen LogP contribution < -0.4 is 4.72 Å². The van der Waals surface area contributed by atoms with E-state index in [4.69, 9.17) is 11.6 Å². The van der Waals surface area contributed by atoms with E-state index in [2.05, 4.69) is 4.72 Å². The van der Waals surface area contributed by atoms with Gasteiger partial charge in [0.15, 0.2) is 0 Å². The molecule has 0 bridgehead atoms. The van der Waals surface area contributed by atoms with Crippen LogP contribution in [-0.4, -0.2) is 14.2 Å². The minimum absolute atomic E-state index is 0.0958. The van der Waals surface area contributed by atoms with Gasteiger partial charge >= 0.3 is 0 Å². The van der Waals surface area contributed by atoms with Crippen molar-refractivity contribution in [3.8, 4) is 0 Å². The topological polar surface area (TPSA) is 46.2 Å². The summed E-state index contributed by atoms with van der Waals surface area (Å²) < 4.78 is 39.7. The van der Waals surface area contributed by atoms with Crippen LogP contribution in [0.15, 0.2) is 12.1 Å². The van der Waals surface area contributed by atoms with Gasteiger partial charge in [-0.15, -0.1) is 0 Å². The first-order valence-corrected chi connectivity index (χ1v) is 8.33. The first-order chi connectivity index (χ1) is 8.89. The molecular weight excluding hydrogens is 289 g/mol. The number of benzene rings is 1. The van der Waals surface area contributed by atoms with Crippen LogP contribution in [0.2, 0.25) is 5.02 Å². The second-order valence-corrected chi connectivity index (χ2v) is 7.29. The summed E-state index contributed by atoms with van der Waals surface area (Å²) >= 11 is 6.00. The standard InChI is InChI=1S/C13H17ClFNO2S/c1-9-5-6-12(15)11(13(9)14)7-16-19(17,18)8-10-3-2-4-10/h5-6,10,16H,2-4,7-8H2,1H3. The molecule has 106 valence electrons. The first-order valence-electron chi connectivity index (χ1n) is 6.30. The Balaban J connectivity index is 2.03. The van der Waals surface area contributed by atoms with E-state index in [1.807, 2.05) is 0 Å². The maximum Gasteiger partial charge on any atom is 0.212 e. The molecule has 0 heterocycles. The molecule has 0 spiro atoms. The maximum atomic E-state index is 13.6. The van der Waals surface area contributed by atoms with Gasteiger partial charge in [-0.05, 0) is 37.3 Å². The fourth-order valence-electron chi connectivity index (χ4n) is 2.09. The average molecular weight is 306 g/mol. The van der Waals surface area contributed by atoms with Gasteiger partial charge in [0.25, 0.3) is 0 Å². The van der Waals surface area contributed by atoms with Crippen LogP contribution in [0.4, 0.5) is 4.39 Å². The molecule has 0 atom stereocenters. The Bertz CT molecular complexity index is 570. The van der Waals surface area contributed by atoms with Crippen LogP contribution in [-0.2, 0) is 16.6 Å². The largest absolute Gasteiger partial charge is 0.212 e. The fourth-order valence-corrected chi connectivity index (χ4v) is 3.74. The van der Waals surface area contributed by atoms with Gasteiger partial charge in [-0.1, -0.05) is 24.1 Å². The summed E-state index contributed by atoms with van der Waals surface area (Å²) in [6.07, 6.45) is 3.01. The Morgan fingerprint density at radius 1 is 1.42 bits per heavy atom. The van der Waals surface area contributed by atoms with Crippen LogP contribution in [0.25, 0.3) is 0 Å². The number of rotatable bonds is 5. The molecule has 0 saturated heterocycles. The number of aryl methyl sites for hydroxylation is 1. The van der Waals surface area contributed by atoms with E-state index in [0.29, 0.717) is 0 Å². The minimum Gasteiger partial charge on any atom is -0.212 e. The van der Waals surface area contributed by atoms with Crippen LogP contribution in [0, 0.1) is 18.7 Å². The number of halogens is 2. The van der Waals surface area contributed by atoms with E-state index in [1.165, 1.54) is 6.07 Å². The monoisotopic (exact) mass is 305 g/mol. The Hall–Kier alpha value is -0.650. The molecule has 1 fully saturated rings. The van der Waals surface area contributed by atoms with E-state index < -0.39 is 15.8 Å². The van der Waals surface area contributed by atoms with Crippen molar-refractivity contribution in [2.24, 2.45) is 5.92 Å². The molecule has 6 heteroatoms. The lowest BCUT2D eigenvalue weighted by Crippen LogP contribution is -2.32. The normalized spacial score (nSPS) is 16.4. The number of hydrogen-bond acceptors (Lipinski definition) is 2. The molecule has 0 aromatic heterocycles. The van der Waals surface area contributed by atoms with E-state index >= 15 is 0 Å². The van der Waals surface area contributed by atoms with Gasteiger partial charge in [0.1, 0.15) is 5.82 Å². The number of nitrogens with one attached hydrogen (secondary N) is 1. The zero-order valence-electron chi connectivity index (χ0n) is 10.7. The Morgan fingerprint density at radius 2 is 2.11 bits per heavy atom. The van der Waals surface area contributed by atoms with Gasteiger partial charge in [0, 0.05) is 12.1 Å². The van der Waals surface area contributed by atoms with Gasteiger partial charge in [0.05, 0.1) is 10.8 Å². The van der Waals surface area contributed by atoms with Crippen molar-refractivity contribution in [1.29, 1.82) is 0 Å². The third-order valence-corrected chi connectivity index (χ3v) is 5.55. The van der Waals surface area contributed by atoms with Crippen LogP contribution in [0.1, 0.15) is 30.4 Å². The Kier molecular flexibility index (Phi) is 4.48. The number of hydrogen-bond donors (Lipinski definition) is 1. The zero-order valence-corrected chi connectivity index (χ0v) is 12.3. The summed E-state index contributed by atoms with van der Waals surface area (Å²) in [6, 6.07) is 2.88. The third-order valence-electron chi connectivity index (χ3n) is 3.53. The highest BCUT2D eigenvalue weighted by Crippen LogP contribution is 2.28. The first kappa shape index (κ1) is 14.8. The Labute approximate surface area is 118 Å². The quantitative estimate of drug-likeness (QED) is 0.909. The van der Waals surface area contributed by atoms with Crippen molar-refractivity contribution < 1.29 is 12.8 Å². The third kappa shape index (κ3) is 3.68. The zero-order chi connectivity index (χ0) is 14.0. The van der Waals surface area contributed by atoms with Crippen LogP contribution in [0.5, 0.6) is 0 Å². The molecule has 1 saturated carbocycles. The molecule has 2 rings (SSSR count). The van der Waals surface area contributed by atoms with Crippen LogP contribution in [0.3, 0.4) is 0 Å². The molecule has 1 aliphatic carbocycles. The highest BCUT2D eigenvalue weighted by Gasteiger charge is 2.24. The predicted octanol–water partition coefficient (Wildman–Crippen LogP) is 3.01. The van der Waals surface area contributed by atoms with Crippen molar-refractivity contribution in [2.45, 2.75) is 32.7 Å². The highest BCUT2D eigenvalue weighted by molar-refractivity contribution is 7.89.